The molecule has 4 nitrogen and oxygen atoms in total. The van der Waals surface area contributed by atoms with Crippen LogP contribution in [0.5, 0.6) is 0 Å². The fourth-order valence-corrected chi connectivity index (χ4v) is 5.21. The highest BCUT2D eigenvalue weighted by Crippen LogP contribution is 2.28. The van der Waals surface area contributed by atoms with Crippen molar-refractivity contribution < 1.29 is 13.2 Å². The molecule has 19 heavy (non-hydrogen) atoms. The molecule has 1 saturated heterocycles. The van der Waals surface area contributed by atoms with Gasteiger partial charge < -0.3 is 4.74 Å². The van der Waals surface area contributed by atoms with Gasteiger partial charge in [0.25, 0.3) is 0 Å². The Kier molecular flexibility index (Phi) is 4.72. The van der Waals surface area contributed by atoms with E-state index in [1.54, 1.807) is 18.2 Å². The minimum absolute atomic E-state index is 0.253. The molecule has 2 rings (SSSR count). The Morgan fingerprint density at radius 1 is 1.26 bits per heavy atom. The Bertz CT molecular complexity index is 568. The zero-order chi connectivity index (χ0) is 14.1. The standard InChI is InChI=1S/C12H15Br2NO3S/c1-12(4-6-18-7-5-12)15-19(16,17)11-3-2-9(13)8-10(11)14/h2-3,8,15H,4-7H2,1H3. The molecular formula is C12H15Br2NO3S. The number of halogens is 2. The van der Waals surface area contributed by atoms with E-state index < -0.39 is 15.6 Å². The van der Waals surface area contributed by atoms with Gasteiger partial charge in [-0.2, -0.15) is 0 Å². The molecule has 0 bridgehead atoms. The predicted octanol–water partition coefficient (Wildman–Crippen LogP) is 3.06. The first-order valence-electron chi connectivity index (χ1n) is 5.89. The summed E-state index contributed by atoms with van der Waals surface area (Å²) in [6.07, 6.45) is 1.36. The molecule has 7 heteroatoms. The molecule has 1 heterocycles. The van der Waals surface area contributed by atoms with Gasteiger partial charge in [0.1, 0.15) is 0 Å². The van der Waals surface area contributed by atoms with Gasteiger partial charge in [-0.1, -0.05) is 15.9 Å². The van der Waals surface area contributed by atoms with Crippen LogP contribution in [0.25, 0.3) is 0 Å². The number of sulfonamides is 1. The molecule has 0 aromatic heterocycles. The molecule has 1 N–H and O–H groups in total. The van der Waals surface area contributed by atoms with E-state index in [-0.39, 0.29) is 4.90 Å². The Hall–Kier alpha value is 0.0500. The molecule has 1 aromatic carbocycles. The molecule has 1 fully saturated rings. The second-order valence-electron chi connectivity index (χ2n) is 4.85. The van der Waals surface area contributed by atoms with E-state index in [9.17, 15) is 8.42 Å². The summed E-state index contributed by atoms with van der Waals surface area (Å²) < 4.78 is 34.3. The SMILES string of the molecule is CC1(NS(=O)(=O)c2ccc(Br)cc2Br)CCOCC1. The molecule has 0 saturated carbocycles. The minimum Gasteiger partial charge on any atom is -0.381 e. The second kappa shape index (κ2) is 5.81. The predicted molar refractivity (Wildman–Crippen MR) is 80.6 cm³/mol. The lowest BCUT2D eigenvalue weighted by atomic mass is 9.94. The first-order valence-corrected chi connectivity index (χ1v) is 8.96. The molecule has 0 amide bonds. The number of rotatable bonds is 3. The van der Waals surface area contributed by atoms with E-state index in [0.717, 1.165) is 4.47 Å². The van der Waals surface area contributed by atoms with Crippen LogP contribution in [0.1, 0.15) is 19.8 Å². The average Bonchev–Trinajstić information content (AvgIpc) is 2.27. The maximum atomic E-state index is 12.4. The molecule has 0 atom stereocenters. The number of ether oxygens (including phenoxy) is 1. The van der Waals surface area contributed by atoms with Crippen LogP contribution in [-0.4, -0.2) is 27.2 Å². The van der Waals surface area contributed by atoms with Crippen molar-refractivity contribution in [3.63, 3.8) is 0 Å². The molecule has 0 unspecified atom stereocenters. The summed E-state index contributed by atoms with van der Waals surface area (Å²) in [6.45, 7) is 3.08. The topological polar surface area (TPSA) is 55.4 Å². The minimum atomic E-state index is -3.54. The normalized spacial score (nSPS) is 19.3. The molecule has 1 aromatic rings. The van der Waals surface area contributed by atoms with E-state index in [4.69, 9.17) is 4.74 Å². The fraction of sp³-hybridized carbons (Fsp3) is 0.500. The quantitative estimate of drug-likeness (QED) is 0.829. The maximum absolute atomic E-state index is 12.4. The molecule has 0 radical (unpaired) electrons. The van der Waals surface area contributed by atoms with Crippen molar-refractivity contribution in [1.82, 2.24) is 4.72 Å². The summed E-state index contributed by atoms with van der Waals surface area (Å²) in [5.74, 6) is 0. The second-order valence-corrected chi connectivity index (χ2v) is 8.27. The van der Waals surface area contributed by atoms with E-state index >= 15 is 0 Å². The largest absolute Gasteiger partial charge is 0.381 e. The maximum Gasteiger partial charge on any atom is 0.242 e. The Labute approximate surface area is 130 Å². The Morgan fingerprint density at radius 3 is 2.47 bits per heavy atom. The Balaban J connectivity index is 2.27. The van der Waals surface area contributed by atoms with Crippen LogP contribution >= 0.6 is 31.9 Å². The molecule has 106 valence electrons. The van der Waals surface area contributed by atoms with Crippen molar-refractivity contribution in [3.05, 3.63) is 27.1 Å². The molecule has 0 aliphatic carbocycles. The molecule has 1 aliphatic rings. The highest BCUT2D eigenvalue weighted by molar-refractivity contribution is 9.11. The van der Waals surface area contributed by atoms with Gasteiger partial charge in [0.2, 0.25) is 10.0 Å². The van der Waals surface area contributed by atoms with Gasteiger partial charge in [0.05, 0.1) is 4.90 Å². The summed E-state index contributed by atoms with van der Waals surface area (Å²) >= 11 is 6.60. The van der Waals surface area contributed by atoms with E-state index in [1.807, 2.05) is 6.92 Å². The van der Waals surface area contributed by atoms with Crippen LogP contribution in [0.4, 0.5) is 0 Å². The number of benzene rings is 1. The van der Waals surface area contributed by atoms with Gasteiger partial charge in [0, 0.05) is 27.7 Å². The third-order valence-corrected chi connectivity index (χ3v) is 6.27. The lowest BCUT2D eigenvalue weighted by molar-refractivity contribution is 0.0537. The third kappa shape index (κ3) is 3.78. The van der Waals surface area contributed by atoms with E-state index in [1.165, 1.54) is 0 Å². The summed E-state index contributed by atoms with van der Waals surface area (Å²) in [6, 6.07) is 5.02. The van der Waals surface area contributed by atoms with Crippen LogP contribution in [-0.2, 0) is 14.8 Å². The number of hydrogen-bond acceptors (Lipinski definition) is 3. The summed E-state index contributed by atoms with van der Waals surface area (Å²) in [5.41, 5.74) is -0.441. The van der Waals surface area contributed by atoms with Crippen molar-refractivity contribution in [1.29, 1.82) is 0 Å². The van der Waals surface area contributed by atoms with Gasteiger partial charge >= 0.3 is 0 Å². The van der Waals surface area contributed by atoms with Crippen molar-refractivity contribution in [2.75, 3.05) is 13.2 Å². The molecular weight excluding hydrogens is 398 g/mol. The first kappa shape index (κ1) is 15.4. The summed E-state index contributed by atoms with van der Waals surface area (Å²) in [5, 5.41) is 0. The van der Waals surface area contributed by atoms with Crippen molar-refractivity contribution >= 4 is 41.9 Å². The van der Waals surface area contributed by atoms with Gasteiger partial charge in [-0.25, -0.2) is 13.1 Å². The van der Waals surface area contributed by atoms with Gasteiger partial charge in [-0.05, 0) is 53.9 Å². The van der Waals surface area contributed by atoms with Crippen molar-refractivity contribution in [2.24, 2.45) is 0 Å². The summed E-state index contributed by atoms with van der Waals surface area (Å²) in [7, 11) is -3.54. The third-order valence-electron chi connectivity index (χ3n) is 3.16. The van der Waals surface area contributed by atoms with E-state index in [2.05, 4.69) is 36.6 Å². The van der Waals surface area contributed by atoms with Crippen LogP contribution < -0.4 is 4.72 Å². The highest BCUT2D eigenvalue weighted by atomic mass is 79.9. The van der Waals surface area contributed by atoms with Gasteiger partial charge in [0.15, 0.2) is 0 Å². The summed E-state index contributed by atoms with van der Waals surface area (Å²) in [4.78, 5) is 0.253. The van der Waals surface area contributed by atoms with Gasteiger partial charge in [-0.15, -0.1) is 0 Å². The van der Waals surface area contributed by atoms with Crippen LogP contribution in [0.15, 0.2) is 32.0 Å². The van der Waals surface area contributed by atoms with Crippen LogP contribution in [0, 0.1) is 0 Å². The van der Waals surface area contributed by atoms with Crippen molar-refractivity contribution in [3.8, 4) is 0 Å². The zero-order valence-corrected chi connectivity index (χ0v) is 14.4. The lowest BCUT2D eigenvalue weighted by Crippen LogP contribution is -2.49. The molecule has 0 spiro atoms. The molecule has 1 aliphatic heterocycles. The smallest absolute Gasteiger partial charge is 0.242 e. The average molecular weight is 413 g/mol. The monoisotopic (exact) mass is 411 g/mol. The highest BCUT2D eigenvalue weighted by Gasteiger charge is 2.33. The fourth-order valence-electron chi connectivity index (χ4n) is 2.00. The lowest BCUT2D eigenvalue weighted by Gasteiger charge is -2.34. The van der Waals surface area contributed by atoms with Crippen LogP contribution in [0.3, 0.4) is 0 Å². The Morgan fingerprint density at radius 2 is 1.89 bits per heavy atom. The van der Waals surface area contributed by atoms with E-state index in [0.29, 0.717) is 30.5 Å². The van der Waals surface area contributed by atoms with Crippen LogP contribution in [0.2, 0.25) is 0 Å². The van der Waals surface area contributed by atoms with Crippen molar-refractivity contribution in [2.45, 2.75) is 30.2 Å². The number of hydrogen-bond donors (Lipinski definition) is 1. The van der Waals surface area contributed by atoms with Gasteiger partial charge in [-0.3, -0.25) is 0 Å². The number of nitrogens with one attached hydrogen (secondary N) is 1. The zero-order valence-electron chi connectivity index (χ0n) is 10.4. The first-order chi connectivity index (χ1) is 8.82.